The van der Waals surface area contributed by atoms with Gasteiger partial charge in [-0.25, -0.2) is 8.42 Å². The summed E-state index contributed by atoms with van der Waals surface area (Å²) >= 11 is 3.40. The highest BCUT2D eigenvalue weighted by Crippen LogP contribution is 2.33. The number of amides is 1. The summed E-state index contributed by atoms with van der Waals surface area (Å²) in [5.41, 5.74) is 0.540. The lowest BCUT2D eigenvalue weighted by molar-refractivity contribution is -0.134. The van der Waals surface area contributed by atoms with Gasteiger partial charge in [0.05, 0.1) is 18.2 Å². The fourth-order valence-electron chi connectivity index (χ4n) is 4.03. The van der Waals surface area contributed by atoms with Crippen molar-refractivity contribution >= 4 is 42.8 Å². The Balaban J connectivity index is 1.57. The molecule has 0 atom stereocenters. The number of fused-ring (bicyclic) bond motifs is 1. The number of hydrogen-bond acceptors (Lipinski definition) is 7. The highest BCUT2D eigenvalue weighted by atomic mass is 79.9. The zero-order valence-corrected chi connectivity index (χ0v) is 22.4. The van der Waals surface area contributed by atoms with Crippen molar-refractivity contribution in [1.29, 1.82) is 0 Å². The SMILES string of the molecule is CCCS(=O)(=O)N1CCN(C(=O)COc2c(-c3ccc(Br)cc3)oc3cc(OC)ccc3c2=O)CC1. The minimum absolute atomic E-state index is 0.0625. The predicted octanol–water partition coefficient (Wildman–Crippen LogP) is 3.49. The number of benzene rings is 2. The molecule has 1 aliphatic rings. The first-order chi connectivity index (χ1) is 17.2. The monoisotopic (exact) mass is 578 g/mol. The summed E-state index contributed by atoms with van der Waals surface area (Å²) in [4.78, 5) is 27.8. The van der Waals surface area contributed by atoms with E-state index in [1.165, 1.54) is 11.4 Å². The third-order valence-electron chi connectivity index (χ3n) is 5.95. The van der Waals surface area contributed by atoms with Crippen LogP contribution in [-0.4, -0.2) is 69.2 Å². The zero-order chi connectivity index (χ0) is 25.9. The van der Waals surface area contributed by atoms with Crippen LogP contribution < -0.4 is 14.9 Å². The van der Waals surface area contributed by atoms with E-state index in [0.717, 1.165) is 4.47 Å². The molecule has 1 fully saturated rings. The van der Waals surface area contributed by atoms with Crippen LogP contribution in [0.3, 0.4) is 0 Å². The molecule has 1 aromatic heterocycles. The van der Waals surface area contributed by atoms with E-state index in [-0.39, 0.29) is 56.0 Å². The van der Waals surface area contributed by atoms with Crippen LogP contribution in [0.15, 0.2) is 56.1 Å². The van der Waals surface area contributed by atoms with Gasteiger partial charge in [-0.3, -0.25) is 9.59 Å². The van der Waals surface area contributed by atoms with Crippen molar-refractivity contribution in [1.82, 2.24) is 9.21 Å². The van der Waals surface area contributed by atoms with Gasteiger partial charge in [0.25, 0.3) is 5.91 Å². The normalized spacial score (nSPS) is 14.7. The number of methoxy groups -OCH3 is 1. The Morgan fingerprint density at radius 2 is 1.78 bits per heavy atom. The van der Waals surface area contributed by atoms with Crippen molar-refractivity contribution < 1.29 is 27.1 Å². The van der Waals surface area contributed by atoms with E-state index >= 15 is 0 Å². The average molecular weight is 579 g/mol. The van der Waals surface area contributed by atoms with Crippen LogP contribution in [0.1, 0.15) is 13.3 Å². The molecular formula is C25H27BrN2O7S. The van der Waals surface area contributed by atoms with E-state index < -0.39 is 15.5 Å². The van der Waals surface area contributed by atoms with Gasteiger partial charge in [-0.15, -0.1) is 0 Å². The summed E-state index contributed by atoms with van der Waals surface area (Å²) in [7, 11) is -1.79. The van der Waals surface area contributed by atoms with Crippen LogP contribution in [-0.2, 0) is 14.8 Å². The van der Waals surface area contributed by atoms with Gasteiger partial charge < -0.3 is 18.8 Å². The molecule has 2 aromatic carbocycles. The molecule has 36 heavy (non-hydrogen) atoms. The molecule has 1 aliphatic heterocycles. The fraction of sp³-hybridized carbons (Fsp3) is 0.360. The number of sulfonamides is 1. The minimum atomic E-state index is -3.31. The molecule has 3 aromatic rings. The average Bonchev–Trinajstić information content (AvgIpc) is 2.88. The number of ether oxygens (including phenoxy) is 2. The maximum Gasteiger partial charge on any atom is 0.260 e. The van der Waals surface area contributed by atoms with Gasteiger partial charge >= 0.3 is 0 Å². The van der Waals surface area contributed by atoms with Gasteiger partial charge in [-0.05, 0) is 42.8 Å². The Kier molecular flexibility index (Phi) is 8.01. The van der Waals surface area contributed by atoms with Crippen molar-refractivity contribution in [2.45, 2.75) is 13.3 Å². The van der Waals surface area contributed by atoms with Gasteiger partial charge in [-0.2, -0.15) is 4.31 Å². The molecule has 0 N–H and O–H groups in total. The molecule has 192 valence electrons. The van der Waals surface area contributed by atoms with Crippen LogP contribution in [0, 0.1) is 0 Å². The molecule has 0 aliphatic carbocycles. The van der Waals surface area contributed by atoms with Crippen molar-refractivity contribution in [3.05, 3.63) is 57.2 Å². The highest BCUT2D eigenvalue weighted by molar-refractivity contribution is 9.10. The third kappa shape index (κ3) is 5.58. The Morgan fingerprint density at radius 3 is 2.42 bits per heavy atom. The Hall–Kier alpha value is -2.89. The van der Waals surface area contributed by atoms with Crippen molar-refractivity contribution in [2.24, 2.45) is 0 Å². The number of nitrogens with zero attached hydrogens (tertiary/aromatic N) is 2. The number of halogens is 1. The molecule has 0 radical (unpaired) electrons. The molecule has 1 saturated heterocycles. The molecule has 11 heteroatoms. The van der Waals surface area contributed by atoms with E-state index in [4.69, 9.17) is 13.9 Å². The first kappa shape index (κ1) is 26.2. The third-order valence-corrected chi connectivity index (χ3v) is 8.56. The molecule has 1 amide bonds. The van der Waals surface area contributed by atoms with Crippen LogP contribution in [0.2, 0.25) is 0 Å². The molecule has 0 unspecified atom stereocenters. The summed E-state index contributed by atoms with van der Waals surface area (Å²) in [5, 5.41) is 0.300. The van der Waals surface area contributed by atoms with Crippen molar-refractivity contribution in [3.8, 4) is 22.8 Å². The van der Waals surface area contributed by atoms with E-state index in [0.29, 0.717) is 28.7 Å². The summed E-state index contributed by atoms with van der Waals surface area (Å²) in [5.74, 6) is 0.436. The Bertz CT molecular complexity index is 1410. The first-order valence-corrected chi connectivity index (χ1v) is 13.9. The van der Waals surface area contributed by atoms with Crippen molar-refractivity contribution in [3.63, 3.8) is 0 Å². The maximum absolute atomic E-state index is 13.4. The standard InChI is InChI=1S/C25H27BrN2O7S/c1-3-14-36(31,32)28-12-10-27(11-13-28)22(29)16-34-25-23(30)20-9-8-19(33-2)15-21(20)35-24(25)17-4-6-18(26)7-5-17/h4-9,15H,3,10-14,16H2,1-2H3. The largest absolute Gasteiger partial charge is 0.497 e. The lowest BCUT2D eigenvalue weighted by Crippen LogP contribution is -2.52. The second-order valence-electron chi connectivity index (χ2n) is 8.34. The van der Waals surface area contributed by atoms with Gasteiger partial charge in [0.1, 0.15) is 11.3 Å². The number of piperazine rings is 1. The summed E-state index contributed by atoms with van der Waals surface area (Å²) in [6.07, 6.45) is 0.539. The van der Waals surface area contributed by atoms with Crippen LogP contribution in [0.5, 0.6) is 11.5 Å². The number of hydrogen-bond donors (Lipinski definition) is 0. The molecule has 0 spiro atoms. The van der Waals surface area contributed by atoms with Gasteiger partial charge in [0, 0.05) is 42.3 Å². The number of rotatable bonds is 8. The second kappa shape index (κ2) is 11.0. The van der Waals surface area contributed by atoms with Crippen LogP contribution in [0.4, 0.5) is 0 Å². The van der Waals surface area contributed by atoms with Gasteiger partial charge in [0.2, 0.25) is 21.2 Å². The Morgan fingerprint density at radius 1 is 1.08 bits per heavy atom. The van der Waals surface area contributed by atoms with Crippen LogP contribution in [0.25, 0.3) is 22.3 Å². The second-order valence-corrected chi connectivity index (χ2v) is 11.3. The summed E-state index contributed by atoms with van der Waals surface area (Å²) in [6.45, 7) is 2.43. The molecule has 4 rings (SSSR count). The van der Waals surface area contributed by atoms with Gasteiger partial charge in [0.15, 0.2) is 12.4 Å². The van der Waals surface area contributed by atoms with Crippen LogP contribution >= 0.6 is 15.9 Å². The summed E-state index contributed by atoms with van der Waals surface area (Å²) in [6, 6.07) is 12.0. The molecular weight excluding hydrogens is 552 g/mol. The lowest BCUT2D eigenvalue weighted by atomic mass is 10.1. The molecule has 0 saturated carbocycles. The smallest absolute Gasteiger partial charge is 0.260 e. The summed E-state index contributed by atoms with van der Waals surface area (Å²) < 4.78 is 44.0. The number of carbonyl (C=O) groups excluding carboxylic acids is 1. The molecule has 2 heterocycles. The zero-order valence-electron chi connectivity index (χ0n) is 20.0. The van der Waals surface area contributed by atoms with Gasteiger partial charge in [-0.1, -0.05) is 22.9 Å². The fourth-order valence-corrected chi connectivity index (χ4v) is 5.79. The number of carbonyl (C=O) groups is 1. The quantitative estimate of drug-likeness (QED) is 0.402. The predicted molar refractivity (Wildman–Crippen MR) is 140 cm³/mol. The highest BCUT2D eigenvalue weighted by Gasteiger charge is 2.29. The lowest BCUT2D eigenvalue weighted by Gasteiger charge is -2.33. The Labute approximate surface area is 217 Å². The maximum atomic E-state index is 13.4. The van der Waals surface area contributed by atoms with E-state index in [1.807, 2.05) is 19.1 Å². The first-order valence-electron chi connectivity index (χ1n) is 11.5. The van der Waals surface area contributed by atoms with Crippen molar-refractivity contribution in [2.75, 3.05) is 45.6 Å². The van der Waals surface area contributed by atoms with E-state index in [9.17, 15) is 18.0 Å². The molecule has 0 bridgehead atoms. The minimum Gasteiger partial charge on any atom is -0.497 e. The topological polar surface area (TPSA) is 106 Å². The van der Waals surface area contributed by atoms with E-state index in [1.54, 1.807) is 35.2 Å². The molecule has 9 nitrogen and oxygen atoms in total. The van der Waals surface area contributed by atoms with E-state index in [2.05, 4.69) is 15.9 Å².